The highest BCUT2D eigenvalue weighted by Gasteiger charge is 2.18. The van der Waals surface area contributed by atoms with Crippen LogP contribution in [0.15, 0.2) is 53.9 Å². The quantitative estimate of drug-likeness (QED) is 0.483. The predicted molar refractivity (Wildman–Crippen MR) is 134 cm³/mol. The molecule has 2 aliphatic rings. The van der Waals surface area contributed by atoms with Gasteiger partial charge in [0, 0.05) is 65.8 Å². The molecule has 0 radical (unpaired) electrons. The van der Waals surface area contributed by atoms with Crippen LogP contribution in [-0.4, -0.2) is 50.8 Å². The topological polar surface area (TPSA) is 27.7 Å². The molecule has 1 fully saturated rings. The summed E-state index contributed by atoms with van der Waals surface area (Å²) in [6.07, 6.45) is 4.51. The fourth-order valence-corrected chi connectivity index (χ4v) is 5.43. The van der Waals surface area contributed by atoms with Gasteiger partial charge in [-0.15, -0.1) is 11.3 Å². The van der Waals surface area contributed by atoms with E-state index >= 15 is 0 Å². The summed E-state index contributed by atoms with van der Waals surface area (Å²) in [5.41, 5.74) is 5.21. The van der Waals surface area contributed by atoms with Crippen molar-refractivity contribution in [2.75, 3.05) is 56.1 Å². The van der Waals surface area contributed by atoms with Crippen LogP contribution in [0.1, 0.15) is 25.3 Å². The molecule has 162 valence electrons. The first-order chi connectivity index (χ1) is 15.3. The minimum atomic E-state index is 0.785. The van der Waals surface area contributed by atoms with Crippen molar-refractivity contribution in [1.82, 2.24) is 4.90 Å². The Balaban J connectivity index is 1.04. The molecule has 0 bridgehead atoms. The highest BCUT2D eigenvalue weighted by molar-refractivity contribution is 7.17. The summed E-state index contributed by atoms with van der Waals surface area (Å²) in [7, 11) is 0. The van der Waals surface area contributed by atoms with Crippen LogP contribution in [0, 0.1) is 0 Å². The standard InChI is InChI=1S/C26H31N3OS/c1-20-9-11-27-24-19-21(7-8-22(20)24)30-17-3-2-12-28-13-15-29(16-14-28)25-5-4-6-26-23(25)10-18-31-26/h4-10,18-19,27H,2-3,11-17H2,1H3. The molecular formula is C26H31N3OS. The van der Waals surface area contributed by atoms with E-state index in [1.807, 2.05) is 11.3 Å². The highest BCUT2D eigenvalue weighted by Crippen LogP contribution is 2.32. The van der Waals surface area contributed by atoms with Crippen molar-refractivity contribution in [3.63, 3.8) is 0 Å². The van der Waals surface area contributed by atoms with Gasteiger partial charge in [0.15, 0.2) is 0 Å². The van der Waals surface area contributed by atoms with E-state index in [1.165, 1.54) is 39.0 Å². The largest absolute Gasteiger partial charge is 0.494 e. The lowest BCUT2D eigenvalue weighted by Gasteiger charge is -2.36. The van der Waals surface area contributed by atoms with E-state index in [4.69, 9.17) is 4.74 Å². The third kappa shape index (κ3) is 4.58. The third-order valence-corrected chi connectivity index (χ3v) is 7.32. The lowest BCUT2D eigenvalue weighted by Crippen LogP contribution is -2.46. The number of thiophene rings is 1. The Morgan fingerprint density at radius 1 is 1.03 bits per heavy atom. The molecule has 3 aromatic rings. The van der Waals surface area contributed by atoms with Crippen LogP contribution < -0.4 is 15.0 Å². The molecule has 0 aliphatic carbocycles. The summed E-state index contributed by atoms with van der Waals surface area (Å²) in [4.78, 5) is 5.15. The second kappa shape index (κ2) is 9.33. The number of rotatable bonds is 7. The molecule has 3 heterocycles. The number of piperazine rings is 1. The van der Waals surface area contributed by atoms with Crippen molar-refractivity contribution in [2.24, 2.45) is 0 Å². The van der Waals surface area contributed by atoms with Crippen molar-refractivity contribution in [3.8, 4) is 5.75 Å². The van der Waals surface area contributed by atoms with Crippen molar-refractivity contribution in [2.45, 2.75) is 19.8 Å². The third-order valence-electron chi connectivity index (χ3n) is 6.44. The van der Waals surface area contributed by atoms with Crippen molar-refractivity contribution >= 4 is 38.4 Å². The molecule has 4 nitrogen and oxygen atoms in total. The number of ether oxygens (including phenoxy) is 1. The number of nitrogens with zero attached hydrogens (tertiary/aromatic N) is 2. The zero-order valence-corrected chi connectivity index (χ0v) is 19.1. The molecule has 5 rings (SSSR count). The zero-order chi connectivity index (χ0) is 21.0. The first-order valence-corrected chi connectivity index (χ1v) is 12.3. The van der Waals surface area contributed by atoms with Gasteiger partial charge in [-0.1, -0.05) is 12.1 Å². The fraction of sp³-hybridized carbons (Fsp3) is 0.385. The average Bonchev–Trinajstić information content (AvgIpc) is 3.29. The smallest absolute Gasteiger partial charge is 0.121 e. The van der Waals surface area contributed by atoms with Gasteiger partial charge >= 0.3 is 0 Å². The molecule has 2 aromatic carbocycles. The molecule has 0 unspecified atom stereocenters. The van der Waals surface area contributed by atoms with Crippen LogP contribution in [0.3, 0.4) is 0 Å². The molecule has 0 atom stereocenters. The number of benzene rings is 2. The van der Waals surface area contributed by atoms with Gasteiger partial charge in [0.2, 0.25) is 0 Å². The number of allylic oxidation sites excluding steroid dienone is 1. The van der Waals surface area contributed by atoms with Crippen LogP contribution in [0.5, 0.6) is 5.75 Å². The Labute approximate surface area is 189 Å². The molecule has 1 N–H and O–H groups in total. The first kappa shape index (κ1) is 20.4. The number of hydrogen-bond donors (Lipinski definition) is 1. The monoisotopic (exact) mass is 433 g/mol. The van der Waals surface area contributed by atoms with Gasteiger partial charge in [-0.3, -0.25) is 4.90 Å². The van der Waals surface area contributed by atoms with Crippen LogP contribution in [0.2, 0.25) is 0 Å². The molecule has 31 heavy (non-hydrogen) atoms. The van der Waals surface area contributed by atoms with Crippen LogP contribution in [-0.2, 0) is 0 Å². The van der Waals surface area contributed by atoms with E-state index in [0.717, 1.165) is 58.0 Å². The fourth-order valence-electron chi connectivity index (χ4n) is 4.62. The average molecular weight is 434 g/mol. The molecular weight excluding hydrogens is 402 g/mol. The molecule has 1 saturated heterocycles. The maximum atomic E-state index is 6.02. The van der Waals surface area contributed by atoms with E-state index in [-0.39, 0.29) is 0 Å². The summed E-state index contributed by atoms with van der Waals surface area (Å²) in [6.45, 7) is 9.53. The van der Waals surface area contributed by atoms with Crippen molar-refractivity contribution in [1.29, 1.82) is 0 Å². The number of nitrogens with one attached hydrogen (secondary N) is 1. The van der Waals surface area contributed by atoms with E-state index < -0.39 is 0 Å². The number of fused-ring (bicyclic) bond motifs is 2. The van der Waals surface area contributed by atoms with Gasteiger partial charge in [-0.25, -0.2) is 0 Å². The van der Waals surface area contributed by atoms with Crippen LogP contribution in [0.25, 0.3) is 15.7 Å². The van der Waals surface area contributed by atoms with E-state index in [0.29, 0.717) is 0 Å². The Morgan fingerprint density at radius 2 is 1.94 bits per heavy atom. The summed E-state index contributed by atoms with van der Waals surface area (Å²) >= 11 is 1.83. The van der Waals surface area contributed by atoms with Gasteiger partial charge in [0.25, 0.3) is 0 Å². The molecule has 2 aliphatic heterocycles. The maximum absolute atomic E-state index is 6.02. The van der Waals surface area contributed by atoms with Gasteiger partial charge in [-0.05, 0) is 67.6 Å². The Hall–Kier alpha value is -2.50. The summed E-state index contributed by atoms with van der Waals surface area (Å²) in [5.74, 6) is 0.970. The van der Waals surface area contributed by atoms with Crippen molar-refractivity contribution < 1.29 is 4.74 Å². The summed E-state index contributed by atoms with van der Waals surface area (Å²) in [6, 6.07) is 15.3. The van der Waals surface area contributed by atoms with Gasteiger partial charge in [0.1, 0.15) is 5.75 Å². The van der Waals surface area contributed by atoms with Gasteiger partial charge in [-0.2, -0.15) is 0 Å². The minimum absolute atomic E-state index is 0.785. The number of anilines is 2. The summed E-state index contributed by atoms with van der Waals surface area (Å²) in [5, 5.41) is 7.04. The Kier molecular flexibility index (Phi) is 6.14. The number of unbranched alkanes of at least 4 members (excludes halogenated alkanes) is 1. The van der Waals surface area contributed by atoms with Gasteiger partial charge in [0.05, 0.1) is 6.61 Å². The lowest BCUT2D eigenvalue weighted by atomic mass is 10.0. The molecule has 5 heteroatoms. The van der Waals surface area contributed by atoms with E-state index in [1.54, 1.807) is 0 Å². The zero-order valence-electron chi connectivity index (χ0n) is 18.3. The van der Waals surface area contributed by atoms with Crippen LogP contribution >= 0.6 is 11.3 Å². The molecule has 1 aromatic heterocycles. The highest BCUT2D eigenvalue weighted by atomic mass is 32.1. The predicted octanol–water partition coefficient (Wildman–Crippen LogP) is 5.71. The maximum Gasteiger partial charge on any atom is 0.121 e. The van der Waals surface area contributed by atoms with E-state index in [2.05, 4.69) is 76.0 Å². The Bertz CT molecular complexity index is 1070. The normalized spacial score (nSPS) is 16.7. The number of hydrogen-bond acceptors (Lipinski definition) is 5. The molecule has 0 spiro atoms. The second-order valence-electron chi connectivity index (χ2n) is 8.47. The molecule has 0 saturated carbocycles. The molecule has 0 amide bonds. The first-order valence-electron chi connectivity index (χ1n) is 11.4. The SMILES string of the molecule is CC1=CCNc2cc(OCCCCN3CCN(c4cccc5sccc45)CC3)ccc21. The minimum Gasteiger partial charge on any atom is -0.494 e. The summed E-state index contributed by atoms with van der Waals surface area (Å²) < 4.78 is 7.41. The lowest BCUT2D eigenvalue weighted by molar-refractivity contribution is 0.239. The van der Waals surface area contributed by atoms with Crippen LogP contribution in [0.4, 0.5) is 11.4 Å². The van der Waals surface area contributed by atoms with Gasteiger partial charge < -0.3 is 15.0 Å². The van der Waals surface area contributed by atoms with E-state index in [9.17, 15) is 0 Å². The Morgan fingerprint density at radius 3 is 2.84 bits per heavy atom. The second-order valence-corrected chi connectivity index (χ2v) is 9.42. The van der Waals surface area contributed by atoms with Crippen molar-refractivity contribution in [3.05, 3.63) is 59.5 Å².